The summed E-state index contributed by atoms with van der Waals surface area (Å²) < 4.78 is 32.4. The van der Waals surface area contributed by atoms with Crippen LogP contribution in [-0.2, 0) is 16.6 Å². The Morgan fingerprint density at radius 3 is 2.23 bits per heavy atom. The number of hydrogen-bond donors (Lipinski definition) is 2. The minimum Gasteiger partial charge on any atom is -0.497 e. The monoisotopic (exact) mass is 369 g/mol. The largest absolute Gasteiger partial charge is 0.497 e. The summed E-state index contributed by atoms with van der Waals surface area (Å²) in [6, 6.07) is 19.0. The van der Waals surface area contributed by atoms with E-state index in [0.717, 1.165) is 11.4 Å². The molecule has 0 aliphatic heterocycles. The average molecular weight is 369 g/mol. The average Bonchev–Trinajstić information content (AvgIpc) is 2.68. The predicted octanol–water partition coefficient (Wildman–Crippen LogP) is 3.50. The van der Waals surface area contributed by atoms with Gasteiger partial charge in [0.1, 0.15) is 5.75 Å². The number of methoxy groups -OCH3 is 1. The Balaban J connectivity index is 1.64. The van der Waals surface area contributed by atoms with Gasteiger partial charge in [-0.15, -0.1) is 0 Å². The first-order valence-electron chi connectivity index (χ1n) is 7.97. The lowest BCUT2D eigenvalue weighted by molar-refractivity contribution is 0.414. The second-order valence-electron chi connectivity index (χ2n) is 5.53. The van der Waals surface area contributed by atoms with Gasteiger partial charge in [-0.2, -0.15) is 0 Å². The van der Waals surface area contributed by atoms with Crippen LogP contribution in [0.2, 0.25) is 0 Å². The van der Waals surface area contributed by atoms with E-state index in [4.69, 9.17) is 4.74 Å². The van der Waals surface area contributed by atoms with Crippen LogP contribution in [0.4, 0.5) is 11.4 Å². The Hall–Kier alpha value is -3.06. The lowest BCUT2D eigenvalue weighted by Gasteiger charge is -2.10. The van der Waals surface area contributed by atoms with Crippen LogP contribution >= 0.6 is 0 Å². The number of sulfonamides is 1. The molecule has 1 heterocycles. The third-order valence-electron chi connectivity index (χ3n) is 3.71. The van der Waals surface area contributed by atoms with Crippen molar-refractivity contribution in [2.45, 2.75) is 11.4 Å². The Kier molecular flexibility index (Phi) is 5.38. The van der Waals surface area contributed by atoms with E-state index in [9.17, 15) is 8.42 Å². The minimum absolute atomic E-state index is 0.177. The van der Waals surface area contributed by atoms with Gasteiger partial charge in [0.25, 0.3) is 10.0 Å². The molecule has 0 bridgehead atoms. The molecule has 2 aromatic carbocycles. The Bertz CT molecular complexity index is 942. The van der Waals surface area contributed by atoms with E-state index in [1.54, 1.807) is 30.5 Å². The van der Waals surface area contributed by atoms with E-state index < -0.39 is 10.0 Å². The van der Waals surface area contributed by atoms with Gasteiger partial charge in [0, 0.05) is 17.6 Å². The van der Waals surface area contributed by atoms with E-state index >= 15 is 0 Å². The van der Waals surface area contributed by atoms with Crippen molar-refractivity contribution in [3.8, 4) is 5.75 Å². The molecule has 3 aromatic rings. The molecule has 0 unspecified atom stereocenters. The molecule has 3 rings (SSSR count). The summed E-state index contributed by atoms with van der Waals surface area (Å²) in [5.74, 6) is 0.604. The van der Waals surface area contributed by atoms with E-state index in [1.165, 1.54) is 19.2 Å². The first-order chi connectivity index (χ1) is 12.6. The molecule has 0 radical (unpaired) electrons. The highest BCUT2D eigenvalue weighted by molar-refractivity contribution is 7.92. The number of ether oxygens (including phenoxy) is 1. The first kappa shape index (κ1) is 17.8. The summed E-state index contributed by atoms with van der Waals surface area (Å²) in [5, 5.41) is 3.24. The Morgan fingerprint density at radius 2 is 1.62 bits per heavy atom. The molecule has 0 aliphatic carbocycles. The number of nitrogens with zero attached hydrogens (tertiary/aromatic N) is 1. The lowest BCUT2D eigenvalue weighted by Crippen LogP contribution is -2.12. The van der Waals surface area contributed by atoms with E-state index in [-0.39, 0.29) is 4.90 Å². The molecule has 0 saturated carbocycles. The molecule has 0 atom stereocenters. The molecular formula is C19H19N3O3S. The van der Waals surface area contributed by atoms with Crippen LogP contribution in [0.1, 0.15) is 5.69 Å². The molecule has 0 spiro atoms. The standard InChI is InChI=1S/C19H19N3O3S/c1-25-18-9-11-19(12-10-18)26(23,24)22-16-7-5-15(6-8-16)21-14-17-4-2-3-13-20-17/h2-13,21-22H,14H2,1H3. The second-order valence-corrected chi connectivity index (χ2v) is 7.22. The number of hydrogen-bond acceptors (Lipinski definition) is 5. The van der Waals surface area contributed by atoms with Crippen LogP contribution in [-0.4, -0.2) is 20.5 Å². The maximum Gasteiger partial charge on any atom is 0.261 e. The van der Waals surface area contributed by atoms with Crippen LogP contribution in [0, 0.1) is 0 Å². The van der Waals surface area contributed by atoms with E-state index in [2.05, 4.69) is 15.0 Å². The van der Waals surface area contributed by atoms with Gasteiger partial charge in [-0.3, -0.25) is 9.71 Å². The zero-order chi connectivity index (χ0) is 18.4. The summed E-state index contributed by atoms with van der Waals surface area (Å²) in [4.78, 5) is 4.42. The Morgan fingerprint density at radius 1 is 0.923 bits per heavy atom. The molecule has 0 aliphatic rings. The third kappa shape index (κ3) is 4.52. The summed E-state index contributed by atoms with van der Waals surface area (Å²) in [6.45, 7) is 0.595. The lowest BCUT2D eigenvalue weighted by atomic mass is 10.3. The normalized spacial score (nSPS) is 11.0. The van der Waals surface area contributed by atoms with Crippen molar-refractivity contribution in [3.63, 3.8) is 0 Å². The third-order valence-corrected chi connectivity index (χ3v) is 5.10. The zero-order valence-electron chi connectivity index (χ0n) is 14.2. The van der Waals surface area contributed by atoms with Gasteiger partial charge in [0.2, 0.25) is 0 Å². The van der Waals surface area contributed by atoms with Crippen molar-refractivity contribution < 1.29 is 13.2 Å². The minimum atomic E-state index is -3.64. The van der Waals surface area contributed by atoms with Gasteiger partial charge in [-0.1, -0.05) is 6.07 Å². The number of rotatable bonds is 7. The summed E-state index contributed by atoms with van der Waals surface area (Å²) >= 11 is 0. The molecule has 0 saturated heterocycles. The van der Waals surface area contributed by atoms with Crippen LogP contribution < -0.4 is 14.8 Å². The summed E-state index contributed by atoms with van der Waals surface area (Å²) in [6.07, 6.45) is 1.74. The van der Waals surface area contributed by atoms with Gasteiger partial charge in [-0.25, -0.2) is 8.42 Å². The van der Waals surface area contributed by atoms with Crippen molar-refractivity contribution in [2.75, 3.05) is 17.1 Å². The fourth-order valence-corrected chi connectivity index (χ4v) is 3.38. The van der Waals surface area contributed by atoms with Crippen LogP contribution in [0.5, 0.6) is 5.75 Å². The van der Waals surface area contributed by atoms with Crippen molar-refractivity contribution in [3.05, 3.63) is 78.6 Å². The number of benzene rings is 2. The predicted molar refractivity (Wildman–Crippen MR) is 102 cm³/mol. The number of aromatic nitrogens is 1. The fourth-order valence-electron chi connectivity index (χ4n) is 2.32. The van der Waals surface area contributed by atoms with Gasteiger partial charge in [0.05, 0.1) is 24.2 Å². The molecule has 26 heavy (non-hydrogen) atoms. The highest BCUT2D eigenvalue weighted by Gasteiger charge is 2.14. The van der Waals surface area contributed by atoms with Crippen molar-refractivity contribution in [1.29, 1.82) is 0 Å². The SMILES string of the molecule is COc1ccc(S(=O)(=O)Nc2ccc(NCc3ccccn3)cc2)cc1. The number of anilines is 2. The van der Waals surface area contributed by atoms with Gasteiger partial charge in [-0.05, 0) is 60.7 Å². The zero-order valence-corrected chi connectivity index (χ0v) is 15.0. The maximum atomic E-state index is 12.4. The molecule has 7 heteroatoms. The quantitative estimate of drug-likeness (QED) is 0.666. The maximum absolute atomic E-state index is 12.4. The molecule has 6 nitrogen and oxygen atoms in total. The highest BCUT2D eigenvalue weighted by Crippen LogP contribution is 2.20. The second kappa shape index (κ2) is 7.88. The van der Waals surface area contributed by atoms with Crippen LogP contribution in [0.15, 0.2) is 77.8 Å². The number of pyridine rings is 1. The van der Waals surface area contributed by atoms with E-state index in [0.29, 0.717) is 18.0 Å². The van der Waals surface area contributed by atoms with E-state index in [1.807, 2.05) is 30.3 Å². The van der Waals surface area contributed by atoms with Gasteiger partial charge >= 0.3 is 0 Å². The molecule has 0 fully saturated rings. The molecular weight excluding hydrogens is 350 g/mol. The molecule has 1 aromatic heterocycles. The highest BCUT2D eigenvalue weighted by atomic mass is 32.2. The first-order valence-corrected chi connectivity index (χ1v) is 9.46. The van der Waals surface area contributed by atoms with Crippen LogP contribution in [0.3, 0.4) is 0 Å². The van der Waals surface area contributed by atoms with Gasteiger partial charge < -0.3 is 10.1 Å². The molecule has 0 amide bonds. The topological polar surface area (TPSA) is 80.3 Å². The van der Waals surface area contributed by atoms with Crippen molar-refractivity contribution in [1.82, 2.24) is 4.98 Å². The summed E-state index contributed by atoms with van der Waals surface area (Å²) in [5.41, 5.74) is 2.30. The van der Waals surface area contributed by atoms with Crippen molar-refractivity contribution in [2.24, 2.45) is 0 Å². The van der Waals surface area contributed by atoms with Crippen LogP contribution in [0.25, 0.3) is 0 Å². The summed E-state index contributed by atoms with van der Waals surface area (Å²) in [7, 11) is -2.11. The fraction of sp³-hybridized carbons (Fsp3) is 0.105. The number of nitrogens with one attached hydrogen (secondary N) is 2. The Labute approximate surface area is 152 Å². The molecule has 2 N–H and O–H groups in total. The smallest absolute Gasteiger partial charge is 0.261 e. The molecule has 134 valence electrons. The van der Waals surface area contributed by atoms with Crippen molar-refractivity contribution >= 4 is 21.4 Å². The van der Waals surface area contributed by atoms with Gasteiger partial charge in [0.15, 0.2) is 0 Å².